The fraction of sp³-hybridized carbons (Fsp3) is 0.600. The topological polar surface area (TPSA) is 32.3 Å². The van der Waals surface area contributed by atoms with E-state index in [1.165, 1.54) is 55.7 Å². The van der Waals surface area contributed by atoms with Gasteiger partial charge in [-0.15, -0.1) is 11.3 Å². The molecule has 4 nitrogen and oxygen atoms in total. The van der Waals surface area contributed by atoms with Gasteiger partial charge < -0.3 is 4.90 Å². The number of piperazine rings is 1. The first-order valence-corrected chi connectivity index (χ1v) is 8.28. The van der Waals surface area contributed by atoms with Crippen molar-refractivity contribution in [3.8, 4) is 0 Å². The fourth-order valence-corrected chi connectivity index (χ4v) is 4.76. The lowest BCUT2D eigenvalue weighted by atomic mass is 9.90. The van der Waals surface area contributed by atoms with Crippen LogP contribution in [0.2, 0.25) is 0 Å². The third-order valence-corrected chi connectivity index (χ3v) is 5.87. The first-order valence-electron chi connectivity index (χ1n) is 7.47. The van der Waals surface area contributed by atoms with Crippen LogP contribution in [0.1, 0.15) is 29.3 Å². The van der Waals surface area contributed by atoms with E-state index in [9.17, 15) is 0 Å². The zero-order valence-electron chi connectivity index (χ0n) is 11.9. The van der Waals surface area contributed by atoms with Crippen molar-refractivity contribution in [1.29, 1.82) is 0 Å². The minimum Gasteiger partial charge on any atom is -0.304 e. The van der Waals surface area contributed by atoms with Gasteiger partial charge in [0.15, 0.2) is 0 Å². The van der Waals surface area contributed by atoms with Crippen LogP contribution >= 0.6 is 11.3 Å². The molecule has 2 aliphatic rings. The summed E-state index contributed by atoms with van der Waals surface area (Å²) in [7, 11) is 2.22. The molecule has 0 bridgehead atoms. The molecule has 106 valence electrons. The molecule has 0 saturated carbocycles. The Morgan fingerprint density at radius 1 is 1.25 bits per heavy atom. The zero-order chi connectivity index (χ0) is 13.5. The molecular formula is C15H20N4S. The predicted octanol–water partition coefficient (Wildman–Crippen LogP) is 2.32. The van der Waals surface area contributed by atoms with E-state index < -0.39 is 0 Å². The number of aromatic nitrogens is 2. The molecule has 1 aliphatic carbocycles. The van der Waals surface area contributed by atoms with Crippen LogP contribution in [0.5, 0.6) is 0 Å². The van der Waals surface area contributed by atoms with Gasteiger partial charge in [-0.25, -0.2) is 9.97 Å². The lowest BCUT2D eigenvalue weighted by molar-refractivity contribution is 0.103. The normalized spacial score (nSPS) is 24.9. The fourth-order valence-electron chi connectivity index (χ4n) is 3.56. The lowest BCUT2D eigenvalue weighted by Crippen LogP contribution is -2.46. The van der Waals surface area contributed by atoms with E-state index in [4.69, 9.17) is 0 Å². The maximum atomic E-state index is 4.46. The van der Waals surface area contributed by atoms with Crippen LogP contribution in [-0.4, -0.2) is 53.0 Å². The van der Waals surface area contributed by atoms with E-state index >= 15 is 0 Å². The molecule has 0 amide bonds. The maximum absolute atomic E-state index is 4.46. The molecule has 1 atom stereocenters. The average molecular weight is 288 g/mol. The highest BCUT2D eigenvalue weighted by Crippen LogP contribution is 2.42. The summed E-state index contributed by atoms with van der Waals surface area (Å²) in [6.07, 6.45) is 7.52. The van der Waals surface area contributed by atoms with E-state index in [2.05, 4.69) is 26.8 Å². The van der Waals surface area contributed by atoms with Crippen LogP contribution in [0.3, 0.4) is 0 Å². The number of thiophene rings is 1. The summed E-state index contributed by atoms with van der Waals surface area (Å²) in [5, 5.41) is 1.30. The number of likely N-dealkylation sites (N-methyl/N-ethyl adjacent to an activating group) is 1. The van der Waals surface area contributed by atoms with E-state index in [0.29, 0.717) is 6.04 Å². The molecule has 20 heavy (non-hydrogen) atoms. The molecule has 0 aromatic carbocycles. The number of nitrogens with zero attached hydrogens (tertiary/aromatic N) is 4. The molecule has 0 spiro atoms. The molecule has 4 rings (SSSR count). The predicted molar refractivity (Wildman–Crippen MR) is 82.2 cm³/mol. The van der Waals surface area contributed by atoms with Gasteiger partial charge in [0.05, 0.1) is 0 Å². The first kappa shape index (κ1) is 12.7. The quantitative estimate of drug-likeness (QED) is 0.806. The lowest BCUT2D eigenvalue weighted by Gasteiger charge is -2.39. The van der Waals surface area contributed by atoms with Crippen molar-refractivity contribution >= 4 is 21.6 Å². The smallest absolute Gasteiger partial charge is 0.127 e. The van der Waals surface area contributed by atoms with Gasteiger partial charge >= 0.3 is 0 Å². The van der Waals surface area contributed by atoms with Gasteiger partial charge in [-0.05, 0) is 31.9 Å². The van der Waals surface area contributed by atoms with Gasteiger partial charge in [0.2, 0.25) is 0 Å². The minimum atomic E-state index is 0.590. The Kier molecular flexibility index (Phi) is 3.21. The Morgan fingerprint density at radius 2 is 2.10 bits per heavy atom. The van der Waals surface area contributed by atoms with Gasteiger partial charge in [0.1, 0.15) is 11.2 Å². The summed E-state index contributed by atoms with van der Waals surface area (Å²) in [6.45, 7) is 4.74. The summed E-state index contributed by atoms with van der Waals surface area (Å²) in [6, 6.07) is 0.590. The minimum absolute atomic E-state index is 0.590. The van der Waals surface area contributed by atoms with Crippen LogP contribution in [0, 0.1) is 0 Å². The van der Waals surface area contributed by atoms with E-state index in [1.807, 2.05) is 17.5 Å². The molecule has 5 heteroatoms. The molecule has 2 aromatic rings. The molecule has 1 aliphatic heterocycles. The van der Waals surface area contributed by atoms with Gasteiger partial charge in [0, 0.05) is 48.7 Å². The number of rotatable bonds is 1. The van der Waals surface area contributed by atoms with Crippen molar-refractivity contribution < 1.29 is 0 Å². The Bertz CT molecular complexity index is 615. The standard InChI is InChI=1S/C15H20N4S/c1-18-5-7-19(8-6-18)12-3-2-4-13-14(12)11-9-16-10-17-15(11)20-13/h9-10,12H,2-8H2,1H3. The summed E-state index contributed by atoms with van der Waals surface area (Å²) in [5.74, 6) is 0. The van der Waals surface area contributed by atoms with Crippen molar-refractivity contribution in [1.82, 2.24) is 19.8 Å². The zero-order valence-corrected chi connectivity index (χ0v) is 12.7. The molecule has 1 unspecified atom stereocenters. The van der Waals surface area contributed by atoms with Crippen LogP contribution in [-0.2, 0) is 6.42 Å². The average Bonchev–Trinajstić information content (AvgIpc) is 2.86. The highest BCUT2D eigenvalue weighted by Gasteiger charge is 2.31. The second-order valence-corrected chi connectivity index (χ2v) is 7.01. The Labute approximate surface area is 123 Å². The summed E-state index contributed by atoms with van der Waals surface area (Å²) in [4.78, 5) is 16.5. The van der Waals surface area contributed by atoms with Crippen molar-refractivity contribution in [3.05, 3.63) is 23.0 Å². The van der Waals surface area contributed by atoms with Crippen molar-refractivity contribution in [2.45, 2.75) is 25.3 Å². The molecule has 2 aromatic heterocycles. The number of fused-ring (bicyclic) bond motifs is 3. The largest absolute Gasteiger partial charge is 0.304 e. The maximum Gasteiger partial charge on any atom is 0.127 e. The van der Waals surface area contributed by atoms with Crippen molar-refractivity contribution in [2.75, 3.05) is 33.2 Å². The third-order valence-electron chi connectivity index (χ3n) is 4.68. The van der Waals surface area contributed by atoms with Crippen LogP contribution in [0.4, 0.5) is 0 Å². The van der Waals surface area contributed by atoms with Gasteiger partial charge in [-0.2, -0.15) is 0 Å². The van der Waals surface area contributed by atoms with Crippen LogP contribution in [0.25, 0.3) is 10.2 Å². The molecular weight excluding hydrogens is 268 g/mol. The second kappa shape index (κ2) is 5.06. The molecule has 1 saturated heterocycles. The summed E-state index contributed by atoms with van der Waals surface area (Å²) >= 11 is 1.88. The highest BCUT2D eigenvalue weighted by atomic mass is 32.1. The van der Waals surface area contributed by atoms with E-state index in [1.54, 1.807) is 16.8 Å². The molecule has 1 fully saturated rings. The van der Waals surface area contributed by atoms with Crippen LogP contribution < -0.4 is 0 Å². The Morgan fingerprint density at radius 3 is 2.95 bits per heavy atom. The third kappa shape index (κ3) is 2.05. The first-order chi connectivity index (χ1) is 9.83. The summed E-state index contributed by atoms with van der Waals surface area (Å²) < 4.78 is 0. The SMILES string of the molecule is CN1CCN(C2CCCc3sc4ncncc4c32)CC1. The second-order valence-electron chi connectivity index (χ2n) is 5.93. The molecule has 0 radical (unpaired) electrons. The number of aryl methyl sites for hydroxylation is 1. The highest BCUT2D eigenvalue weighted by molar-refractivity contribution is 7.18. The van der Waals surface area contributed by atoms with E-state index in [0.717, 1.165) is 0 Å². The number of hydrogen-bond acceptors (Lipinski definition) is 5. The monoisotopic (exact) mass is 288 g/mol. The van der Waals surface area contributed by atoms with Gasteiger partial charge in [-0.1, -0.05) is 0 Å². The Hall–Kier alpha value is -1.04. The Balaban J connectivity index is 1.73. The summed E-state index contributed by atoms with van der Waals surface area (Å²) in [5.41, 5.74) is 1.54. The van der Waals surface area contributed by atoms with E-state index in [-0.39, 0.29) is 0 Å². The van der Waals surface area contributed by atoms with Gasteiger partial charge in [-0.3, -0.25) is 4.90 Å². The van der Waals surface area contributed by atoms with Gasteiger partial charge in [0.25, 0.3) is 0 Å². The molecule has 3 heterocycles. The van der Waals surface area contributed by atoms with Crippen molar-refractivity contribution in [2.24, 2.45) is 0 Å². The van der Waals surface area contributed by atoms with Crippen molar-refractivity contribution in [3.63, 3.8) is 0 Å². The number of hydrogen-bond donors (Lipinski definition) is 0. The van der Waals surface area contributed by atoms with Crippen LogP contribution in [0.15, 0.2) is 12.5 Å². The molecule has 0 N–H and O–H groups in total.